The molecule has 2 bridgehead atoms. The number of aromatic nitrogens is 1. The van der Waals surface area contributed by atoms with E-state index in [1.807, 2.05) is 0 Å². The summed E-state index contributed by atoms with van der Waals surface area (Å²) in [7, 11) is 4.75. The molecule has 11 nitrogen and oxygen atoms in total. The van der Waals surface area contributed by atoms with Crippen molar-refractivity contribution in [3.05, 3.63) is 91.9 Å². The van der Waals surface area contributed by atoms with Crippen molar-refractivity contribution in [2.75, 3.05) is 38.8 Å². The number of phenols is 1. The van der Waals surface area contributed by atoms with Gasteiger partial charge in [0.1, 0.15) is 45.7 Å². The van der Waals surface area contributed by atoms with Crippen LogP contribution in [0.15, 0.2) is 60.9 Å². The van der Waals surface area contributed by atoms with Crippen LogP contribution in [0.2, 0.25) is 10.0 Å². The third-order valence-corrected chi connectivity index (χ3v) is 11.0. The number of carbonyl (C=O) groups excluding carboxylic acids is 2. The molecule has 7 rings (SSSR count). The zero-order chi connectivity index (χ0) is 38.7. The van der Waals surface area contributed by atoms with Gasteiger partial charge in [-0.3, -0.25) is 9.80 Å². The van der Waals surface area contributed by atoms with Crippen LogP contribution in [0.4, 0.5) is 23.7 Å². The molecule has 3 aliphatic rings. The van der Waals surface area contributed by atoms with Gasteiger partial charge in [-0.15, -0.1) is 24.5 Å². The van der Waals surface area contributed by atoms with Crippen molar-refractivity contribution in [3.8, 4) is 23.0 Å². The van der Waals surface area contributed by atoms with Crippen LogP contribution in [-0.2, 0) is 29.5 Å². The summed E-state index contributed by atoms with van der Waals surface area (Å²) in [5, 5.41) is 11.5. The van der Waals surface area contributed by atoms with E-state index in [2.05, 4.69) is 9.64 Å². The molecule has 1 amide bonds. The summed E-state index contributed by atoms with van der Waals surface area (Å²) in [6.07, 6.45) is -2.06. The van der Waals surface area contributed by atoms with Crippen LogP contribution >= 0.6 is 34.5 Å². The van der Waals surface area contributed by atoms with E-state index < -0.39 is 42.1 Å². The number of hydrogen-bond acceptors (Lipinski definition) is 10. The monoisotopic (exact) mass is 810 g/mol. The maximum Gasteiger partial charge on any atom is 0.573 e. The summed E-state index contributed by atoms with van der Waals surface area (Å²) >= 11 is 14.1. The highest BCUT2D eigenvalue weighted by molar-refractivity contribution is 7.14. The number of anilines is 1. The van der Waals surface area contributed by atoms with Crippen LogP contribution in [-0.4, -0.2) is 68.4 Å². The first-order valence-corrected chi connectivity index (χ1v) is 18.4. The second kappa shape index (κ2) is 16.5. The fourth-order valence-corrected chi connectivity index (χ4v) is 8.24. The zero-order valence-corrected chi connectivity index (χ0v) is 31.7. The van der Waals surface area contributed by atoms with Crippen molar-refractivity contribution in [2.45, 2.75) is 44.4 Å². The van der Waals surface area contributed by atoms with Gasteiger partial charge in [0.15, 0.2) is 23.9 Å². The van der Waals surface area contributed by atoms with E-state index in [-0.39, 0.29) is 29.4 Å². The van der Waals surface area contributed by atoms with Gasteiger partial charge in [0, 0.05) is 29.5 Å². The Morgan fingerprint density at radius 2 is 1.72 bits per heavy atom. The smallest absolute Gasteiger partial charge is 0.506 e. The van der Waals surface area contributed by atoms with E-state index in [1.54, 1.807) is 48.3 Å². The SMILES string of the molecule is COc1ccc([C@H](Cc2c(Cl)c[n+](C)cc2Cl)OC(=O)c2ccc(CN(C(=O)O[C@H]3CN4CCC3CC4)c3cc(OC(F)(F)F)ccc3O)s2)cc1OC. The number of rotatable bonds is 12. The Bertz CT molecular complexity index is 1980. The number of carbonyl (C=O) groups is 2. The standard InChI is InChI=1S/C37H36Cl2F3N3O8S/c1-43-18-26(38)25(27(39)19-43)16-31(22-4-8-30(49-2)32(14-22)50-3)51-35(47)34-9-6-24(54-34)17-45(28-15-23(5-7-29(28)46)53-37(40,41)42)36(48)52-33-20-44-12-10-21(33)11-13-44/h4-9,14-15,18-19,21,31,33H,10-13,16-17,20H2,1-3H3/p+1/t31-,33-/m0/s1. The Hall–Kier alpha value is -4.44. The lowest BCUT2D eigenvalue weighted by molar-refractivity contribution is -0.671. The van der Waals surface area contributed by atoms with Gasteiger partial charge < -0.3 is 28.8 Å². The van der Waals surface area contributed by atoms with Crippen LogP contribution in [0, 0.1) is 5.92 Å². The Morgan fingerprint density at radius 3 is 2.35 bits per heavy atom. The van der Waals surface area contributed by atoms with Crippen LogP contribution in [0.3, 0.4) is 0 Å². The van der Waals surface area contributed by atoms with Gasteiger partial charge >= 0.3 is 18.4 Å². The van der Waals surface area contributed by atoms with Crippen LogP contribution in [0.5, 0.6) is 23.0 Å². The van der Waals surface area contributed by atoms with Crippen molar-refractivity contribution in [3.63, 3.8) is 0 Å². The average Bonchev–Trinajstić information content (AvgIpc) is 3.61. The molecular formula is C37H37Cl2F3N3O8S+. The molecule has 4 aromatic rings. The average molecular weight is 812 g/mol. The number of aromatic hydroxyl groups is 1. The molecule has 0 spiro atoms. The molecular weight excluding hydrogens is 774 g/mol. The highest BCUT2D eigenvalue weighted by atomic mass is 35.5. The molecule has 5 heterocycles. The Kier molecular flexibility index (Phi) is 12.0. The second-order valence-electron chi connectivity index (χ2n) is 12.9. The van der Waals surface area contributed by atoms with Gasteiger partial charge in [-0.2, -0.15) is 0 Å². The molecule has 54 heavy (non-hydrogen) atoms. The minimum absolute atomic E-state index is 0.104. The van der Waals surface area contributed by atoms with E-state index >= 15 is 0 Å². The largest absolute Gasteiger partial charge is 0.573 e. The molecule has 2 aromatic carbocycles. The number of fused-ring (bicyclic) bond motifs is 3. The number of methoxy groups -OCH3 is 2. The topological polar surface area (TPSA) is 111 Å². The van der Waals surface area contributed by atoms with E-state index in [0.717, 1.165) is 60.4 Å². The Balaban J connectivity index is 1.27. The van der Waals surface area contributed by atoms with Crippen molar-refractivity contribution in [1.29, 1.82) is 0 Å². The van der Waals surface area contributed by atoms with Crippen molar-refractivity contribution in [1.82, 2.24) is 4.90 Å². The molecule has 17 heteroatoms. The number of benzene rings is 2. The minimum Gasteiger partial charge on any atom is -0.506 e. The van der Waals surface area contributed by atoms with Gasteiger partial charge in [-0.05, 0) is 73.8 Å². The molecule has 3 saturated heterocycles. The quantitative estimate of drug-likeness (QED) is 0.113. The van der Waals surface area contributed by atoms with E-state index in [9.17, 15) is 27.9 Å². The van der Waals surface area contributed by atoms with Crippen LogP contribution in [0.25, 0.3) is 0 Å². The van der Waals surface area contributed by atoms with Crippen molar-refractivity contribution < 1.29 is 56.1 Å². The lowest BCUT2D eigenvalue weighted by Crippen LogP contribution is -2.53. The number of nitrogens with zero attached hydrogens (tertiary/aromatic N) is 3. The molecule has 1 N–H and O–H groups in total. The fraction of sp³-hybridized carbons (Fsp3) is 0.378. The van der Waals surface area contributed by atoms with Gasteiger partial charge in [0.05, 0.1) is 26.5 Å². The molecule has 0 aliphatic carbocycles. The molecule has 0 unspecified atom stereocenters. The van der Waals surface area contributed by atoms with Gasteiger partial charge in [0.2, 0.25) is 0 Å². The fourth-order valence-electron chi connectivity index (χ4n) is 6.64. The first-order valence-electron chi connectivity index (χ1n) is 16.8. The number of hydrogen-bond donors (Lipinski definition) is 1. The highest BCUT2D eigenvalue weighted by Crippen LogP contribution is 2.39. The summed E-state index contributed by atoms with van der Waals surface area (Å²) in [5.41, 5.74) is 0.847. The molecule has 3 fully saturated rings. The number of piperidine rings is 3. The third kappa shape index (κ3) is 9.25. The van der Waals surface area contributed by atoms with Crippen LogP contribution in [0.1, 0.15) is 44.6 Å². The number of phenolic OH excluding ortho intramolecular Hbond substituents is 1. The lowest BCUT2D eigenvalue weighted by Gasteiger charge is -2.44. The molecule has 0 radical (unpaired) electrons. The number of pyridine rings is 1. The number of amides is 1. The predicted molar refractivity (Wildman–Crippen MR) is 194 cm³/mol. The van der Waals surface area contributed by atoms with Crippen molar-refractivity contribution in [2.24, 2.45) is 13.0 Å². The van der Waals surface area contributed by atoms with Gasteiger partial charge in [-0.25, -0.2) is 14.2 Å². The molecule has 288 valence electrons. The Labute approximate surface area is 323 Å². The second-order valence-corrected chi connectivity index (χ2v) is 14.9. The molecule has 2 atom stereocenters. The minimum atomic E-state index is -5.01. The number of esters is 1. The maximum absolute atomic E-state index is 13.8. The number of alkyl halides is 3. The van der Waals surface area contributed by atoms with E-state index in [1.165, 1.54) is 20.3 Å². The zero-order valence-electron chi connectivity index (χ0n) is 29.4. The van der Waals surface area contributed by atoms with E-state index in [4.69, 9.17) is 42.1 Å². The summed E-state index contributed by atoms with van der Waals surface area (Å²) in [6, 6.07) is 11.0. The molecule has 2 aromatic heterocycles. The predicted octanol–water partition coefficient (Wildman–Crippen LogP) is 7.88. The molecule has 3 aliphatic heterocycles. The van der Waals surface area contributed by atoms with E-state index in [0.29, 0.717) is 44.1 Å². The molecule has 0 saturated carbocycles. The van der Waals surface area contributed by atoms with Crippen LogP contribution < -0.4 is 23.7 Å². The van der Waals surface area contributed by atoms with Gasteiger partial charge in [0.25, 0.3) is 0 Å². The first-order chi connectivity index (χ1) is 25.7. The number of halogens is 5. The summed E-state index contributed by atoms with van der Waals surface area (Å²) in [4.78, 5) is 31.4. The third-order valence-electron chi connectivity index (χ3n) is 9.35. The first kappa shape index (κ1) is 39.3. The number of aryl methyl sites for hydroxylation is 1. The highest BCUT2D eigenvalue weighted by Gasteiger charge is 2.38. The summed E-state index contributed by atoms with van der Waals surface area (Å²) in [6.45, 7) is 2.06. The summed E-state index contributed by atoms with van der Waals surface area (Å²) in [5.74, 6) is -0.806. The lowest BCUT2D eigenvalue weighted by atomic mass is 9.86. The number of ether oxygens (including phenoxy) is 5. The van der Waals surface area contributed by atoms with Gasteiger partial charge in [-0.1, -0.05) is 29.3 Å². The van der Waals surface area contributed by atoms with Crippen molar-refractivity contribution >= 4 is 52.3 Å². The summed E-state index contributed by atoms with van der Waals surface area (Å²) < 4.78 is 68.1. The normalized spacial score (nSPS) is 18.5. The maximum atomic E-state index is 13.8. The number of thiophene rings is 1. The Morgan fingerprint density at radius 1 is 1.02 bits per heavy atom.